The summed E-state index contributed by atoms with van der Waals surface area (Å²) >= 11 is 7.55. The van der Waals surface area contributed by atoms with Gasteiger partial charge < -0.3 is 14.8 Å². The summed E-state index contributed by atoms with van der Waals surface area (Å²) in [5.74, 6) is 0. The Hall–Kier alpha value is -4.47. The summed E-state index contributed by atoms with van der Waals surface area (Å²) in [7, 11) is 0. The van der Waals surface area contributed by atoms with Crippen LogP contribution in [0.5, 0.6) is 0 Å². The van der Waals surface area contributed by atoms with E-state index in [4.69, 9.17) is 17.2 Å². The number of para-hydroxylation sites is 1. The Balaban J connectivity index is 1.39. The zero-order valence-electron chi connectivity index (χ0n) is 24.3. The van der Waals surface area contributed by atoms with E-state index in [1.807, 2.05) is 24.4 Å². The fourth-order valence-corrected chi connectivity index (χ4v) is 7.15. The molecule has 0 aliphatic carbocycles. The zero-order chi connectivity index (χ0) is 30.2. The van der Waals surface area contributed by atoms with Crippen molar-refractivity contribution in [3.05, 3.63) is 141 Å². The molecule has 0 radical (unpaired) electrons. The van der Waals surface area contributed by atoms with Crippen LogP contribution < -0.4 is 10.2 Å². The smallest absolute Gasteiger partial charge is 0.269 e. The molecule has 3 heterocycles. The molecule has 1 saturated heterocycles. The second-order valence-electron chi connectivity index (χ2n) is 10.7. The standard InChI is InChI=1S/C34H31N5O2S2/c1-21-8-7-9-22(2)32(21)37-23(3)20-29(24(37)4)33-31(30-10-5-6-19-35-30)36-34(42)38(33)25-11-15-27(16-12-25)43-28-17-13-26(14-18-28)39(40)41/h5-20,31,33H,1-4H3,(H,36,42)/t31-,33+/m1/s1. The van der Waals surface area contributed by atoms with E-state index in [-0.39, 0.29) is 22.7 Å². The van der Waals surface area contributed by atoms with Crippen LogP contribution in [0.1, 0.15) is 45.9 Å². The van der Waals surface area contributed by atoms with Gasteiger partial charge in [-0.3, -0.25) is 15.1 Å². The van der Waals surface area contributed by atoms with Crippen molar-refractivity contribution in [3.63, 3.8) is 0 Å². The first-order chi connectivity index (χ1) is 20.7. The predicted molar refractivity (Wildman–Crippen MR) is 176 cm³/mol. The summed E-state index contributed by atoms with van der Waals surface area (Å²) in [6.07, 6.45) is 1.82. The van der Waals surface area contributed by atoms with Crippen molar-refractivity contribution >= 4 is 40.5 Å². The summed E-state index contributed by atoms with van der Waals surface area (Å²) in [5.41, 5.74) is 9.18. The average molecular weight is 606 g/mol. The van der Waals surface area contributed by atoms with E-state index in [1.54, 1.807) is 23.9 Å². The number of non-ortho nitro benzene ring substituents is 1. The highest BCUT2D eigenvalue weighted by Gasteiger charge is 2.42. The maximum atomic E-state index is 11.0. The highest BCUT2D eigenvalue weighted by atomic mass is 32.2. The molecule has 2 aromatic heterocycles. The van der Waals surface area contributed by atoms with Crippen LogP contribution in [0, 0.1) is 37.8 Å². The lowest BCUT2D eigenvalue weighted by Gasteiger charge is -2.28. The van der Waals surface area contributed by atoms with Crippen molar-refractivity contribution in [2.24, 2.45) is 0 Å². The summed E-state index contributed by atoms with van der Waals surface area (Å²) in [6.45, 7) is 8.67. The number of nitrogens with one attached hydrogen (secondary N) is 1. The molecule has 0 bridgehead atoms. The Morgan fingerprint density at radius 1 is 0.884 bits per heavy atom. The van der Waals surface area contributed by atoms with E-state index in [2.05, 4.69) is 91.0 Å². The topological polar surface area (TPSA) is 76.2 Å². The lowest BCUT2D eigenvalue weighted by atomic mass is 9.96. The van der Waals surface area contributed by atoms with Gasteiger partial charge in [0.15, 0.2) is 5.11 Å². The zero-order valence-corrected chi connectivity index (χ0v) is 25.9. The van der Waals surface area contributed by atoms with Crippen LogP contribution in [-0.4, -0.2) is 19.6 Å². The first kappa shape index (κ1) is 28.6. The molecule has 1 aliphatic rings. The van der Waals surface area contributed by atoms with Crippen LogP contribution >= 0.6 is 24.0 Å². The van der Waals surface area contributed by atoms with E-state index < -0.39 is 0 Å². The molecule has 2 atom stereocenters. The molecule has 43 heavy (non-hydrogen) atoms. The Morgan fingerprint density at radius 3 is 2.14 bits per heavy atom. The van der Waals surface area contributed by atoms with Crippen molar-refractivity contribution in [1.29, 1.82) is 0 Å². The van der Waals surface area contributed by atoms with Crippen LogP contribution in [-0.2, 0) is 0 Å². The van der Waals surface area contributed by atoms with E-state index in [0.717, 1.165) is 26.9 Å². The summed E-state index contributed by atoms with van der Waals surface area (Å²) in [4.78, 5) is 19.5. The van der Waals surface area contributed by atoms with Crippen LogP contribution in [0.3, 0.4) is 0 Å². The fraction of sp³-hybridized carbons (Fsp3) is 0.176. The number of nitro groups is 1. The van der Waals surface area contributed by atoms with E-state index >= 15 is 0 Å². The van der Waals surface area contributed by atoms with Gasteiger partial charge >= 0.3 is 0 Å². The molecule has 0 unspecified atom stereocenters. The number of nitrogens with zero attached hydrogens (tertiary/aromatic N) is 4. The lowest BCUT2D eigenvalue weighted by Crippen LogP contribution is -2.29. The van der Waals surface area contributed by atoms with Gasteiger partial charge in [-0.25, -0.2) is 0 Å². The quantitative estimate of drug-likeness (QED) is 0.114. The maximum Gasteiger partial charge on any atom is 0.269 e. The second-order valence-corrected chi connectivity index (χ2v) is 12.3. The van der Waals surface area contributed by atoms with Gasteiger partial charge in [0, 0.05) is 45.2 Å². The molecule has 1 N–H and O–H groups in total. The minimum atomic E-state index is -0.384. The highest BCUT2D eigenvalue weighted by molar-refractivity contribution is 7.99. The molecule has 9 heteroatoms. The Morgan fingerprint density at radius 2 is 1.53 bits per heavy atom. The summed E-state index contributed by atoms with van der Waals surface area (Å²) in [6, 6.07) is 29.3. The molecular weight excluding hydrogens is 575 g/mol. The number of benzene rings is 3. The van der Waals surface area contributed by atoms with E-state index in [1.165, 1.54) is 40.2 Å². The number of nitro benzene ring substituents is 1. The monoisotopic (exact) mass is 605 g/mol. The van der Waals surface area contributed by atoms with Crippen molar-refractivity contribution in [1.82, 2.24) is 14.9 Å². The summed E-state index contributed by atoms with van der Waals surface area (Å²) < 4.78 is 2.36. The largest absolute Gasteiger partial charge is 0.351 e. The first-order valence-electron chi connectivity index (χ1n) is 14.0. The van der Waals surface area contributed by atoms with Crippen molar-refractivity contribution < 1.29 is 4.92 Å². The van der Waals surface area contributed by atoms with Gasteiger partial charge in [0.1, 0.15) is 0 Å². The average Bonchev–Trinajstić information content (AvgIpc) is 3.49. The van der Waals surface area contributed by atoms with Crippen LogP contribution in [0.4, 0.5) is 11.4 Å². The number of hydrogen-bond donors (Lipinski definition) is 1. The van der Waals surface area contributed by atoms with Crippen LogP contribution in [0.25, 0.3) is 5.69 Å². The number of anilines is 1. The van der Waals surface area contributed by atoms with Crippen molar-refractivity contribution in [3.8, 4) is 5.69 Å². The molecule has 1 aliphatic heterocycles. The number of rotatable bonds is 7. The fourth-order valence-electron chi connectivity index (χ4n) is 5.99. The van der Waals surface area contributed by atoms with Gasteiger partial charge in [0.05, 0.1) is 28.4 Å². The Kier molecular flexibility index (Phi) is 7.77. The minimum absolute atomic E-state index is 0.0835. The number of aryl methyl sites for hydroxylation is 3. The highest BCUT2D eigenvalue weighted by Crippen LogP contribution is 2.44. The predicted octanol–water partition coefficient (Wildman–Crippen LogP) is 8.34. The molecule has 216 valence electrons. The van der Waals surface area contributed by atoms with Gasteiger partial charge in [-0.1, -0.05) is 36.0 Å². The third-order valence-electron chi connectivity index (χ3n) is 7.95. The SMILES string of the molecule is Cc1cccc(C)c1-n1c(C)cc([C@H]2[C@@H](c3ccccn3)NC(=S)N2c2ccc(Sc3ccc([N+](=O)[O-])cc3)cc2)c1C. The maximum absolute atomic E-state index is 11.0. The van der Waals surface area contributed by atoms with E-state index in [9.17, 15) is 10.1 Å². The summed E-state index contributed by atoms with van der Waals surface area (Å²) in [5, 5.41) is 15.2. The van der Waals surface area contributed by atoms with Gasteiger partial charge in [-0.15, -0.1) is 0 Å². The second kappa shape index (κ2) is 11.7. The van der Waals surface area contributed by atoms with E-state index in [0.29, 0.717) is 5.11 Å². The number of hydrogen-bond acceptors (Lipinski definition) is 5. The van der Waals surface area contributed by atoms with Crippen LogP contribution in [0.2, 0.25) is 0 Å². The molecular formula is C34H31N5O2S2. The molecule has 0 spiro atoms. The van der Waals surface area contributed by atoms with Crippen molar-refractivity contribution in [2.45, 2.75) is 49.6 Å². The molecule has 6 rings (SSSR count). The molecule has 1 fully saturated rings. The normalized spacial score (nSPS) is 16.4. The Labute approximate surface area is 260 Å². The van der Waals surface area contributed by atoms with Gasteiger partial charge in [0.2, 0.25) is 0 Å². The lowest BCUT2D eigenvalue weighted by molar-refractivity contribution is -0.384. The van der Waals surface area contributed by atoms with Gasteiger partial charge in [-0.05, 0) is 111 Å². The third-order valence-corrected chi connectivity index (χ3v) is 9.28. The van der Waals surface area contributed by atoms with Crippen molar-refractivity contribution in [2.75, 3.05) is 4.90 Å². The number of aromatic nitrogens is 2. The molecule has 3 aromatic carbocycles. The first-order valence-corrected chi connectivity index (χ1v) is 15.2. The van der Waals surface area contributed by atoms with Gasteiger partial charge in [0.25, 0.3) is 5.69 Å². The molecule has 0 saturated carbocycles. The number of pyridine rings is 1. The third kappa shape index (κ3) is 5.42. The number of thiocarbonyl (C=S) groups is 1. The van der Waals surface area contributed by atoms with Gasteiger partial charge in [-0.2, -0.15) is 0 Å². The molecule has 7 nitrogen and oxygen atoms in total. The molecule has 5 aromatic rings. The van der Waals surface area contributed by atoms with Crippen LogP contribution in [0.15, 0.2) is 107 Å². The minimum Gasteiger partial charge on any atom is -0.351 e. The molecule has 0 amide bonds. The Bertz CT molecular complexity index is 1800.